The molecule has 2 N–H and O–H groups in total. The number of imidazole rings is 1. The zero-order valence-corrected chi connectivity index (χ0v) is 12.6. The Hall–Kier alpha value is -2.62. The minimum absolute atomic E-state index is 0.0365. The number of amides is 1. The number of carbonyl (C=O) groups excluding carboxylic acids is 1. The van der Waals surface area contributed by atoms with Gasteiger partial charge in [-0.25, -0.2) is 4.98 Å². The van der Waals surface area contributed by atoms with E-state index in [1.807, 2.05) is 49.4 Å². The van der Waals surface area contributed by atoms with E-state index in [-0.39, 0.29) is 5.91 Å². The molecule has 4 heteroatoms. The summed E-state index contributed by atoms with van der Waals surface area (Å²) in [6.45, 7) is 1.85. The predicted molar refractivity (Wildman–Crippen MR) is 88.9 cm³/mol. The molecule has 0 aliphatic carbocycles. The molecular formula is C18H19N3O. The van der Waals surface area contributed by atoms with Crippen LogP contribution in [0.2, 0.25) is 0 Å². The van der Waals surface area contributed by atoms with Gasteiger partial charge in [-0.2, -0.15) is 0 Å². The molecule has 1 aromatic heterocycles. The maximum absolute atomic E-state index is 11.4. The lowest BCUT2D eigenvalue weighted by Gasteiger charge is -2.06. The summed E-state index contributed by atoms with van der Waals surface area (Å²) in [5.41, 5.74) is 4.12. The Kier molecular flexibility index (Phi) is 4.19. The normalized spacial score (nSPS) is 10.8. The number of aromatic amines is 1. The standard InChI is InChI=1S/C18H19N3O/c1-2-18(22)19-14-7-5-6-13(12-14)10-11-17-20-15-8-3-4-9-16(15)21-17/h3-9,12H,2,10-11H2,1H3,(H,19,22)(H,20,21). The second kappa shape index (κ2) is 6.43. The molecule has 0 bridgehead atoms. The van der Waals surface area contributed by atoms with Gasteiger partial charge >= 0.3 is 0 Å². The maximum atomic E-state index is 11.4. The van der Waals surface area contributed by atoms with E-state index in [9.17, 15) is 4.79 Å². The molecular weight excluding hydrogens is 274 g/mol. The Bertz CT molecular complexity index is 759. The second-order valence-corrected chi connectivity index (χ2v) is 5.30. The van der Waals surface area contributed by atoms with Crippen LogP contribution >= 0.6 is 0 Å². The van der Waals surface area contributed by atoms with Crippen LogP contribution in [0, 0.1) is 0 Å². The molecule has 0 spiro atoms. The van der Waals surface area contributed by atoms with Gasteiger partial charge in [0.05, 0.1) is 11.0 Å². The second-order valence-electron chi connectivity index (χ2n) is 5.30. The third-order valence-corrected chi connectivity index (χ3v) is 3.62. The molecule has 2 aromatic carbocycles. The number of carbonyl (C=O) groups is 1. The van der Waals surface area contributed by atoms with Crippen molar-refractivity contribution in [2.24, 2.45) is 0 Å². The van der Waals surface area contributed by atoms with Crippen molar-refractivity contribution < 1.29 is 4.79 Å². The van der Waals surface area contributed by atoms with Gasteiger partial charge in [-0.3, -0.25) is 4.79 Å². The van der Waals surface area contributed by atoms with E-state index in [1.165, 1.54) is 5.56 Å². The highest BCUT2D eigenvalue weighted by Gasteiger charge is 2.04. The van der Waals surface area contributed by atoms with Crippen LogP contribution in [0.3, 0.4) is 0 Å². The molecule has 0 aliphatic heterocycles. The largest absolute Gasteiger partial charge is 0.342 e. The highest BCUT2D eigenvalue weighted by Crippen LogP contribution is 2.15. The van der Waals surface area contributed by atoms with Crippen LogP contribution in [0.1, 0.15) is 24.7 Å². The van der Waals surface area contributed by atoms with E-state index >= 15 is 0 Å². The molecule has 3 rings (SSSR count). The number of fused-ring (bicyclic) bond motifs is 1. The molecule has 0 aliphatic rings. The fourth-order valence-electron chi connectivity index (χ4n) is 2.44. The van der Waals surface area contributed by atoms with Crippen molar-refractivity contribution in [2.75, 3.05) is 5.32 Å². The van der Waals surface area contributed by atoms with Gasteiger partial charge in [0.2, 0.25) is 5.91 Å². The predicted octanol–water partition coefficient (Wildman–Crippen LogP) is 3.70. The Morgan fingerprint density at radius 2 is 2.00 bits per heavy atom. The minimum Gasteiger partial charge on any atom is -0.342 e. The summed E-state index contributed by atoms with van der Waals surface area (Å²) in [6.07, 6.45) is 2.22. The summed E-state index contributed by atoms with van der Waals surface area (Å²) >= 11 is 0. The minimum atomic E-state index is 0.0365. The topological polar surface area (TPSA) is 57.8 Å². The molecule has 1 heterocycles. The van der Waals surface area contributed by atoms with Crippen molar-refractivity contribution in [2.45, 2.75) is 26.2 Å². The molecule has 3 aromatic rings. The van der Waals surface area contributed by atoms with Crippen molar-refractivity contribution in [3.8, 4) is 0 Å². The molecule has 0 radical (unpaired) electrons. The fourth-order valence-corrected chi connectivity index (χ4v) is 2.44. The Balaban J connectivity index is 1.68. The van der Waals surface area contributed by atoms with Gasteiger partial charge in [0.25, 0.3) is 0 Å². The average Bonchev–Trinajstić information content (AvgIpc) is 2.96. The molecule has 0 saturated heterocycles. The number of nitrogens with one attached hydrogen (secondary N) is 2. The van der Waals surface area contributed by atoms with Crippen LogP contribution in [0.4, 0.5) is 5.69 Å². The summed E-state index contributed by atoms with van der Waals surface area (Å²) < 4.78 is 0. The average molecular weight is 293 g/mol. The van der Waals surface area contributed by atoms with Crippen molar-refractivity contribution in [3.63, 3.8) is 0 Å². The number of rotatable bonds is 5. The molecule has 1 amide bonds. The van der Waals surface area contributed by atoms with E-state index < -0.39 is 0 Å². The first-order chi connectivity index (χ1) is 10.7. The first-order valence-electron chi connectivity index (χ1n) is 7.57. The molecule has 4 nitrogen and oxygen atoms in total. The van der Waals surface area contributed by atoms with E-state index in [4.69, 9.17) is 0 Å². The number of aryl methyl sites for hydroxylation is 2. The number of aromatic nitrogens is 2. The molecule has 0 saturated carbocycles. The summed E-state index contributed by atoms with van der Waals surface area (Å²) in [6, 6.07) is 16.0. The Morgan fingerprint density at radius 1 is 1.14 bits per heavy atom. The lowest BCUT2D eigenvalue weighted by molar-refractivity contribution is -0.115. The Labute approximate surface area is 129 Å². The van der Waals surface area contributed by atoms with E-state index in [2.05, 4.69) is 21.4 Å². The van der Waals surface area contributed by atoms with Crippen LogP contribution in [-0.4, -0.2) is 15.9 Å². The lowest BCUT2D eigenvalue weighted by atomic mass is 10.1. The van der Waals surface area contributed by atoms with Crippen molar-refractivity contribution in [1.29, 1.82) is 0 Å². The van der Waals surface area contributed by atoms with Crippen LogP contribution in [0.25, 0.3) is 11.0 Å². The fraction of sp³-hybridized carbons (Fsp3) is 0.222. The zero-order valence-electron chi connectivity index (χ0n) is 12.6. The van der Waals surface area contributed by atoms with Gasteiger partial charge in [-0.15, -0.1) is 0 Å². The number of hydrogen-bond acceptors (Lipinski definition) is 2. The maximum Gasteiger partial charge on any atom is 0.224 e. The highest BCUT2D eigenvalue weighted by molar-refractivity contribution is 5.90. The molecule has 22 heavy (non-hydrogen) atoms. The number of hydrogen-bond donors (Lipinski definition) is 2. The van der Waals surface area contributed by atoms with Crippen molar-refractivity contribution >= 4 is 22.6 Å². The Morgan fingerprint density at radius 3 is 2.82 bits per heavy atom. The number of para-hydroxylation sites is 2. The van der Waals surface area contributed by atoms with Crippen molar-refractivity contribution in [3.05, 3.63) is 59.9 Å². The van der Waals surface area contributed by atoms with E-state index in [1.54, 1.807) is 0 Å². The third kappa shape index (κ3) is 3.34. The van der Waals surface area contributed by atoms with Crippen LogP contribution in [-0.2, 0) is 17.6 Å². The number of nitrogens with zero attached hydrogens (tertiary/aromatic N) is 1. The van der Waals surface area contributed by atoms with Gasteiger partial charge in [-0.05, 0) is 36.2 Å². The van der Waals surface area contributed by atoms with Gasteiger partial charge in [0.15, 0.2) is 0 Å². The number of H-pyrrole nitrogens is 1. The number of benzene rings is 2. The molecule has 0 fully saturated rings. The highest BCUT2D eigenvalue weighted by atomic mass is 16.1. The van der Waals surface area contributed by atoms with E-state index in [0.29, 0.717) is 6.42 Å². The first-order valence-corrected chi connectivity index (χ1v) is 7.57. The van der Waals surface area contributed by atoms with Gasteiger partial charge < -0.3 is 10.3 Å². The lowest BCUT2D eigenvalue weighted by Crippen LogP contribution is -2.09. The third-order valence-electron chi connectivity index (χ3n) is 3.62. The SMILES string of the molecule is CCC(=O)Nc1cccc(CCc2nc3ccccc3[nH]2)c1. The molecule has 0 atom stereocenters. The van der Waals surface area contributed by atoms with Gasteiger partial charge in [-0.1, -0.05) is 31.2 Å². The summed E-state index contributed by atoms with van der Waals surface area (Å²) in [4.78, 5) is 19.4. The first kappa shape index (κ1) is 14.3. The monoisotopic (exact) mass is 293 g/mol. The van der Waals surface area contributed by atoms with Gasteiger partial charge in [0, 0.05) is 18.5 Å². The van der Waals surface area contributed by atoms with E-state index in [0.717, 1.165) is 35.4 Å². The zero-order chi connectivity index (χ0) is 15.4. The molecule has 0 unspecified atom stereocenters. The quantitative estimate of drug-likeness (QED) is 0.753. The van der Waals surface area contributed by atoms with Crippen molar-refractivity contribution in [1.82, 2.24) is 9.97 Å². The smallest absolute Gasteiger partial charge is 0.224 e. The number of anilines is 1. The summed E-state index contributed by atoms with van der Waals surface area (Å²) in [5, 5.41) is 2.89. The van der Waals surface area contributed by atoms with Crippen LogP contribution in [0.5, 0.6) is 0 Å². The summed E-state index contributed by atoms with van der Waals surface area (Å²) in [7, 11) is 0. The molecule has 112 valence electrons. The van der Waals surface area contributed by atoms with Gasteiger partial charge in [0.1, 0.15) is 5.82 Å². The summed E-state index contributed by atoms with van der Waals surface area (Å²) in [5.74, 6) is 1.03. The van der Waals surface area contributed by atoms with Crippen LogP contribution < -0.4 is 5.32 Å². The van der Waals surface area contributed by atoms with Crippen LogP contribution in [0.15, 0.2) is 48.5 Å².